The van der Waals surface area contributed by atoms with Gasteiger partial charge in [0.25, 0.3) is 0 Å². The molecule has 0 radical (unpaired) electrons. The Kier molecular flexibility index (Phi) is 11.8. The van der Waals surface area contributed by atoms with Crippen molar-refractivity contribution in [2.24, 2.45) is 5.92 Å². The minimum Gasteiger partial charge on any atom is -0.497 e. The van der Waals surface area contributed by atoms with Crippen LogP contribution < -0.4 is 19.1 Å². The first-order valence-electron chi connectivity index (χ1n) is 15.1. The number of rotatable bonds is 15. The molecule has 1 unspecified atom stereocenters. The molecule has 0 aliphatic heterocycles. The van der Waals surface area contributed by atoms with Crippen LogP contribution in [-0.2, 0) is 32.6 Å². The molecule has 0 aliphatic rings. The van der Waals surface area contributed by atoms with Crippen molar-refractivity contribution in [3.8, 4) is 17.2 Å². The van der Waals surface area contributed by atoms with Crippen LogP contribution in [0.2, 0.25) is 0 Å². The first kappa shape index (κ1) is 34.1. The zero-order valence-corrected chi connectivity index (χ0v) is 27.4. The second-order valence-electron chi connectivity index (χ2n) is 11.4. The second-order valence-corrected chi connectivity index (χ2v) is 13.3. The number of nitrogens with one attached hydrogen (secondary N) is 1. The van der Waals surface area contributed by atoms with Crippen molar-refractivity contribution in [2.75, 3.05) is 30.8 Å². The Balaban J connectivity index is 1.68. The summed E-state index contributed by atoms with van der Waals surface area (Å²) in [6, 6.07) is 31.5. The number of sulfonamides is 1. The van der Waals surface area contributed by atoms with Crippen LogP contribution >= 0.6 is 0 Å². The molecule has 4 aromatic rings. The van der Waals surface area contributed by atoms with E-state index in [2.05, 4.69) is 5.32 Å². The van der Waals surface area contributed by atoms with Crippen LogP contribution in [0.4, 0.5) is 5.69 Å². The van der Waals surface area contributed by atoms with Gasteiger partial charge in [0.15, 0.2) is 0 Å². The third-order valence-electron chi connectivity index (χ3n) is 7.23. The highest BCUT2D eigenvalue weighted by atomic mass is 32.2. The molecule has 4 rings (SSSR count). The standard InChI is InChI=1S/C36H41N3O6S/c1-27(2)24-37-36(41)34(23-28-12-7-5-8-13-28)38(25-29-14-11-17-33(22-29)44-3)35(40)26-39(46(4,42)43)30-18-20-32(21-19-30)45-31-15-9-6-10-16-31/h5-22,27,34H,23-26H2,1-4H3,(H,37,41). The number of para-hydroxylation sites is 1. The number of methoxy groups -OCH3 is 1. The van der Waals surface area contributed by atoms with E-state index in [0.29, 0.717) is 29.5 Å². The molecule has 10 heteroatoms. The Morgan fingerprint density at radius 2 is 1.37 bits per heavy atom. The lowest BCUT2D eigenvalue weighted by Crippen LogP contribution is -2.53. The highest BCUT2D eigenvalue weighted by molar-refractivity contribution is 7.92. The van der Waals surface area contributed by atoms with Gasteiger partial charge in [0.05, 0.1) is 19.1 Å². The molecule has 0 bridgehead atoms. The summed E-state index contributed by atoms with van der Waals surface area (Å²) in [4.78, 5) is 29.5. The van der Waals surface area contributed by atoms with Crippen LogP contribution in [0.15, 0.2) is 109 Å². The Morgan fingerprint density at radius 3 is 1.98 bits per heavy atom. The van der Waals surface area contributed by atoms with Gasteiger partial charge in [-0.3, -0.25) is 13.9 Å². The summed E-state index contributed by atoms with van der Waals surface area (Å²) in [5.41, 5.74) is 1.89. The number of carbonyl (C=O) groups is 2. The van der Waals surface area contributed by atoms with Gasteiger partial charge in [-0.1, -0.05) is 74.5 Å². The first-order valence-corrected chi connectivity index (χ1v) is 16.9. The van der Waals surface area contributed by atoms with E-state index in [1.54, 1.807) is 43.5 Å². The van der Waals surface area contributed by atoms with Gasteiger partial charge in [-0.15, -0.1) is 0 Å². The van der Waals surface area contributed by atoms with Gasteiger partial charge in [-0.05, 0) is 65.6 Å². The van der Waals surface area contributed by atoms with Crippen LogP contribution in [0.3, 0.4) is 0 Å². The molecular weight excluding hydrogens is 602 g/mol. The van der Waals surface area contributed by atoms with Gasteiger partial charge in [-0.25, -0.2) is 8.42 Å². The summed E-state index contributed by atoms with van der Waals surface area (Å²) in [6.07, 6.45) is 1.29. The smallest absolute Gasteiger partial charge is 0.244 e. The van der Waals surface area contributed by atoms with Crippen molar-refractivity contribution in [3.63, 3.8) is 0 Å². The van der Waals surface area contributed by atoms with E-state index in [4.69, 9.17) is 9.47 Å². The van der Waals surface area contributed by atoms with E-state index in [1.807, 2.05) is 86.6 Å². The molecule has 4 aromatic carbocycles. The number of ether oxygens (including phenoxy) is 2. The van der Waals surface area contributed by atoms with Crippen molar-refractivity contribution in [2.45, 2.75) is 32.9 Å². The minimum atomic E-state index is -3.90. The van der Waals surface area contributed by atoms with Gasteiger partial charge in [0.1, 0.15) is 29.8 Å². The van der Waals surface area contributed by atoms with E-state index >= 15 is 0 Å². The number of anilines is 1. The number of hydrogen-bond donors (Lipinski definition) is 1. The Labute approximate surface area is 271 Å². The van der Waals surface area contributed by atoms with Gasteiger partial charge >= 0.3 is 0 Å². The molecule has 0 spiro atoms. The van der Waals surface area contributed by atoms with Crippen LogP contribution in [0, 0.1) is 5.92 Å². The molecule has 0 saturated heterocycles. The number of benzene rings is 4. The van der Waals surface area contributed by atoms with E-state index in [-0.39, 0.29) is 24.8 Å². The highest BCUT2D eigenvalue weighted by Gasteiger charge is 2.33. The fourth-order valence-electron chi connectivity index (χ4n) is 4.86. The fourth-order valence-corrected chi connectivity index (χ4v) is 5.71. The molecule has 0 aromatic heterocycles. The molecule has 1 N–H and O–H groups in total. The summed E-state index contributed by atoms with van der Waals surface area (Å²) < 4.78 is 38.5. The average molecular weight is 644 g/mol. The molecule has 0 fully saturated rings. The predicted octanol–water partition coefficient (Wildman–Crippen LogP) is 5.67. The minimum absolute atomic E-state index is 0.0596. The number of hydrogen-bond acceptors (Lipinski definition) is 6. The predicted molar refractivity (Wildman–Crippen MR) is 180 cm³/mol. The lowest BCUT2D eigenvalue weighted by atomic mass is 10.0. The summed E-state index contributed by atoms with van der Waals surface area (Å²) in [7, 11) is -2.35. The maximum Gasteiger partial charge on any atom is 0.244 e. The fraction of sp³-hybridized carbons (Fsp3) is 0.278. The summed E-state index contributed by atoms with van der Waals surface area (Å²) in [5.74, 6) is 1.10. The number of nitrogens with zero attached hydrogens (tertiary/aromatic N) is 2. The van der Waals surface area contributed by atoms with Gasteiger partial charge in [0, 0.05) is 19.5 Å². The van der Waals surface area contributed by atoms with E-state index in [9.17, 15) is 18.0 Å². The van der Waals surface area contributed by atoms with Crippen LogP contribution in [-0.4, -0.2) is 57.6 Å². The van der Waals surface area contributed by atoms with Gasteiger partial charge in [0.2, 0.25) is 21.8 Å². The summed E-state index contributed by atoms with van der Waals surface area (Å²) >= 11 is 0. The topological polar surface area (TPSA) is 105 Å². The largest absolute Gasteiger partial charge is 0.497 e. The van der Waals surface area contributed by atoms with Crippen LogP contribution in [0.25, 0.3) is 0 Å². The molecule has 242 valence electrons. The van der Waals surface area contributed by atoms with Crippen molar-refractivity contribution in [1.29, 1.82) is 0 Å². The molecule has 0 heterocycles. The third-order valence-corrected chi connectivity index (χ3v) is 8.37. The molecule has 0 saturated carbocycles. The Bertz CT molecular complexity index is 1680. The zero-order chi connectivity index (χ0) is 33.1. The van der Waals surface area contributed by atoms with Crippen molar-refractivity contribution in [1.82, 2.24) is 10.2 Å². The highest BCUT2D eigenvalue weighted by Crippen LogP contribution is 2.26. The lowest BCUT2D eigenvalue weighted by molar-refractivity contribution is -0.140. The van der Waals surface area contributed by atoms with Crippen molar-refractivity contribution < 1.29 is 27.5 Å². The second kappa shape index (κ2) is 15.9. The zero-order valence-electron chi connectivity index (χ0n) is 26.6. The average Bonchev–Trinajstić information content (AvgIpc) is 3.05. The molecule has 2 amide bonds. The monoisotopic (exact) mass is 643 g/mol. The third kappa shape index (κ3) is 9.84. The van der Waals surface area contributed by atoms with Crippen LogP contribution in [0.1, 0.15) is 25.0 Å². The molecule has 46 heavy (non-hydrogen) atoms. The maximum absolute atomic E-state index is 14.3. The maximum atomic E-state index is 14.3. The summed E-state index contributed by atoms with van der Waals surface area (Å²) in [5, 5.41) is 2.98. The molecule has 0 aliphatic carbocycles. The lowest BCUT2D eigenvalue weighted by Gasteiger charge is -2.33. The number of carbonyl (C=O) groups excluding carboxylic acids is 2. The SMILES string of the molecule is COc1cccc(CN(C(=O)CN(c2ccc(Oc3ccccc3)cc2)S(C)(=O)=O)C(Cc2ccccc2)C(=O)NCC(C)C)c1. The van der Waals surface area contributed by atoms with Crippen LogP contribution in [0.5, 0.6) is 17.2 Å². The van der Waals surface area contributed by atoms with Gasteiger partial charge < -0.3 is 19.7 Å². The Hall–Kier alpha value is -4.83. The summed E-state index contributed by atoms with van der Waals surface area (Å²) in [6.45, 7) is 3.96. The molecule has 9 nitrogen and oxygen atoms in total. The van der Waals surface area contributed by atoms with Crippen molar-refractivity contribution >= 4 is 27.5 Å². The van der Waals surface area contributed by atoms with Crippen molar-refractivity contribution in [3.05, 3.63) is 120 Å². The van der Waals surface area contributed by atoms with E-state index < -0.39 is 28.5 Å². The van der Waals surface area contributed by atoms with E-state index in [1.165, 1.54) is 4.90 Å². The molecule has 1 atom stereocenters. The number of amides is 2. The molecular formula is C36H41N3O6S. The first-order chi connectivity index (χ1) is 22.0. The normalized spacial score (nSPS) is 11.8. The Morgan fingerprint density at radius 1 is 0.783 bits per heavy atom. The van der Waals surface area contributed by atoms with Gasteiger partial charge in [-0.2, -0.15) is 0 Å². The van der Waals surface area contributed by atoms with E-state index in [0.717, 1.165) is 21.7 Å². The quantitative estimate of drug-likeness (QED) is 0.179.